The minimum Gasteiger partial charge on any atom is -0.339 e. The van der Waals surface area contributed by atoms with Crippen LogP contribution in [0.4, 0.5) is 5.69 Å². The Morgan fingerprint density at radius 3 is 3.14 bits per heavy atom. The first-order valence-electron chi connectivity index (χ1n) is 7.15. The molecule has 1 fully saturated rings. The first-order valence-corrected chi connectivity index (χ1v) is 7.15. The molecule has 1 aromatic heterocycles. The smallest absolute Gasteiger partial charge is 0.225 e. The minimum atomic E-state index is 0.0239. The lowest BCUT2D eigenvalue weighted by Crippen LogP contribution is -2.27. The third-order valence-corrected chi connectivity index (χ3v) is 3.53. The summed E-state index contributed by atoms with van der Waals surface area (Å²) in [4.78, 5) is 16.2. The van der Waals surface area contributed by atoms with Gasteiger partial charge in [-0.3, -0.25) is 4.79 Å². The van der Waals surface area contributed by atoms with Crippen LogP contribution in [0.3, 0.4) is 0 Å². The number of benzene rings is 1. The van der Waals surface area contributed by atoms with Crippen LogP contribution in [-0.2, 0) is 4.79 Å². The monoisotopic (exact) mass is 286 g/mol. The SMILES string of the molecule is Cc1nc(-c2cccc(NC(=O)CC3CCCN3)c2)no1. The van der Waals surface area contributed by atoms with Gasteiger partial charge in [0.25, 0.3) is 0 Å². The summed E-state index contributed by atoms with van der Waals surface area (Å²) >= 11 is 0. The Labute approximate surface area is 122 Å². The van der Waals surface area contributed by atoms with E-state index in [1.807, 2.05) is 24.3 Å². The van der Waals surface area contributed by atoms with Gasteiger partial charge in [0.15, 0.2) is 0 Å². The molecule has 21 heavy (non-hydrogen) atoms. The lowest BCUT2D eigenvalue weighted by Gasteiger charge is -2.10. The average molecular weight is 286 g/mol. The molecule has 1 aliphatic rings. The van der Waals surface area contributed by atoms with Gasteiger partial charge in [-0.1, -0.05) is 17.3 Å². The van der Waals surface area contributed by atoms with E-state index in [9.17, 15) is 4.79 Å². The van der Waals surface area contributed by atoms with Crippen molar-refractivity contribution in [2.45, 2.75) is 32.2 Å². The van der Waals surface area contributed by atoms with Crippen molar-refractivity contribution < 1.29 is 9.32 Å². The van der Waals surface area contributed by atoms with E-state index in [1.54, 1.807) is 6.92 Å². The van der Waals surface area contributed by atoms with Gasteiger partial charge >= 0.3 is 0 Å². The first-order chi connectivity index (χ1) is 10.2. The van der Waals surface area contributed by atoms with Crippen molar-refractivity contribution in [1.29, 1.82) is 0 Å². The van der Waals surface area contributed by atoms with Crippen LogP contribution in [0.15, 0.2) is 28.8 Å². The van der Waals surface area contributed by atoms with Crippen LogP contribution in [0.1, 0.15) is 25.2 Å². The van der Waals surface area contributed by atoms with Crippen molar-refractivity contribution >= 4 is 11.6 Å². The third kappa shape index (κ3) is 3.46. The number of carbonyl (C=O) groups excluding carboxylic acids is 1. The molecule has 1 amide bonds. The average Bonchev–Trinajstić information content (AvgIpc) is 3.10. The maximum atomic E-state index is 12.0. The lowest BCUT2D eigenvalue weighted by molar-refractivity contribution is -0.116. The Morgan fingerprint density at radius 2 is 2.43 bits per heavy atom. The van der Waals surface area contributed by atoms with Crippen LogP contribution in [-0.4, -0.2) is 28.6 Å². The molecule has 0 radical (unpaired) electrons. The van der Waals surface area contributed by atoms with Gasteiger partial charge in [-0.2, -0.15) is 4.98 Å². The number of nitrogens with one attached hydrogen (secondary N) is 2. The second kappa shape index (κ2) is 6.05. The minimum absolute atomic E-state index is 0.0239. The second-order valence-electron chi connectivity index (χ2n) is 5.26. The molecule has 2 aromatic rings. The summed E-state index contributed by atoms with van der Waals surface area (Å²) in [7, 11) is 0. The number of aryl methyl sites for hydroxylation is 1. The number of hydrogen-bond donors (Lipinski definition) is 2. The van der Waals surface area contributed by atoms with E-state index >= 15 is 0 Å². The van der Waals surface area contributed by atoms with Crippen molar-refractivity contribution in [2.75, 3.05) is 11.9 Å². The van der Waals surface area contributed by atoms with Crippen LogP contribution < -0.4 is 10.6 Å². The number of rotatable bonds is 4. The number of carbonyl (C=O) groups is 1. The number of hydrogen-bond acceptors (Lipinski definition) is 5. The molecule has 6 nitrogen and oxygen atoms in total. The molecule has 0 saturated carbocycles. The van der Waals surface area contributed by atoms with E-state index in [2.05, 4.69) is 20.8 Å². The van der Waals surface area contributed by atoms with Gasteiger partial charge in [-0.05, 0) is 31.5 Å². The molecular weight excluding hydrogens is 268 g/mol. The summed E-state index contributed by atoms with van der Waals surface area (Å²) in [6.07, 6.45) is 2.71. The zero-order chi connectivity index (χ0) is 14.7. The molecular formula is C15H18N4O2. The molecule has 0 spiro atoms. The van der Waals surface area contributed by atoms with Crippen molar-refractivity contribution in [1.82, 2.24) is 15.5 Å². The van der Waals surface area contributed by atoms with Gasteiger partial charge in [0.1, 0.15) is 0 Å². The number of aromatic nitrogens is 2. The van der Waals surface area contributed by atoms with E-state index < -0.39 is 0 Å². The number of amides is 1. The maximum absolute atomic E-state index is 12.0. The Balaban J connectivity index is 1.66. The third-order valence-electron chi connectivity index (χ3n) is 3.53. The van der Waals surface area contributed by atoms with Crippen molar-refractivity contribution in [3.8, 4) is 11.4 Å². The van der Waals surface area contributed by atoms with E-state index in [0.29, 0.717) is 24.2 Å². The summed E-state index contributed by atoms with van der Waals surface area (Å²) in [5.74, 6) is 1.07. The molecule has 1 saturated heterocycles. The highest BCUT2D eigenvalue weighted by atomic mass is 16.5. The molecule has 1 atom stereocenters. The molecule has 0 aliphatic carbocycles. The van der Waals surface area contributed by atoms with Crippen LogP contribution in [0.2, 0.25) is 0 Å². The standard InChI is InChI=1S/C15H18N4O2/c1-10-17-15(19-21-10)11-4-2-5-13(8-11)18-14(20)9-12-6-3-7-16-12/h2,4-5,8,12,16H,3,6-7,9H2,1H3,(H,18,20). The van der Waals surface area contributed by atoms with Gasteiger partial charge in [0.2, 0.25) is 17.6 Å². The second-order valence-corrected chi connectivity index (χ2v) is 5.26. The van der Waals surface area contributed by atoms with Crippen molar-refractivity contribution in [2.24, 2.45) is 0 Å². The van der Waals surface area contributed by atoms with Crippen LogP contribution in [0.5, 0.6) is 0 Å². The molecule has 1 aromatic carbocycles. The van der Waals surface area contributed by atoms with Gasteiger partial charge in [-0.15, -0.1) is 0 Å². The largest absolute Gasteiger partial charge is 0.339 e. The molecule has 1 unspecified atom stereocenters. The Bertz CT molecular complexity index is 632. The fourth-order valence-electron chi connectivity index (χ4n) is 2.52. The highest BCUT2D eigenvalue weighted by molar-refractivity contribution is 5.91. The number of nitrogens with zero attached hydrogens (tertiary/aromatic N) is 2. The summed E-state index contributed by atoms with van der Waals surface area (Å²) in [6, 6.07) is 7.76. The van der Waals surface area contributed by atoms with E-state index in [4.69, 9.17) is 4.52 Å². The Morgan fingerprint density at radius 1 is 1.52 bits per heavy atom. The van der Waals surface area contributed by atoms with Crippen molar-refractivity contribution in [3.05, 3.63) is 30.2 Å². The fraction of sp³-hybridized carbons (Fsp3) is 0.400. The molecule has 2 N–H and O–H groups in total. The molecule has 2 heterocycles. The lowest BCUT2D eigenvalue weighted by atomic mass is 10.1. The molecule has 1 aliphatic heterocycles. The fourth-order valence-corrected chi connectivity index (χ4v) is 2.52. The highest BCUT2D eigenvalue weighted by Crippen LogP contribution is 2.20. The van der Waals surface area contributed by atoms with Gasteiger partial charge in [-0.25, -0.2) is 0 Å². The molecule has 3 rings (SSSR count). The summed E-state index contributed by atoms with van der Waals surface area (Å²) in [5.41, 5.74) is 1.57. The molecule has 110 valence electrons. The Kier molecular flexibility index (Phi) is 3.96. The normalized spacial score (nSPS) is 17.9. The molecule has 0 bridgehead atoms. The Hall–Kier alpha value is -2.21. The topological polar surface area (TPSA) is 80.0 Å². The quantitative estimate of drug-likeness (QED) is 0.900. The predicted octanol–water partition coefficient (Wildman–Crippen LogP) is 2.13. The van der Waals surface area contributed by atoms with Crippen LogP contribution in [0.25, 0.3) is 11.4 Å². The van der Waals surface area contributed by atoms with Gasteiger partial charge in [0, 0.05) is 30.6 Å². The summed E-state index contributed by atoms with van der Waals surface area (Å²) in [6.45, 7) is 2.75. The van der Waals surface area contributed by atoms with Crippen LogP contribution in [0, 0.1) is 6.92 Å². The predicted molar refractivity (Wildman–Crippen MR) is 78.7 cm³/mol. The highest BCUT2D eigenvalue weighted by Gasteiger charge is 2.17. The van der Waals surface area contributed by atoms with Crippen LogP contribution >= 0.6 is 0 Å². The van der Waals surface area contributed by atoms with Gasteiger partial charge < -0.3 is 15.2 Å². The van der Waals surface area contributed by atoms with E-state index in [0.717, 1.165) is 30.6 Å². The molecule has 6 heteroatoms. The number of anilines is 1. The van der Waals surface area contributed by atoms with E-state index in [1.165, 1.54) is 0 Å². The van der Waals surface area contributed by atoms with Crippen molar-refractivity contribution in [3.63, 3.8) is 0 Å². The maximum Gasteiger partial charge on any atom is 0.225 e. The summed E-state index contributed by atoms with van der Waals surface area (Å²) < 4.78 is 4.97. The zero-order valence-electron chi connectivity index (χ0n) is 11.9. The van der Waals surface area contributed by atoms with E-state index in [-0.39, 0.29) is 5.91 Å². The summed E-state index contributed by atoms with van der Waals surface area (Å²) in [5, 5.41) is 10.1. The zero-order valence-corrected chi connectivity index (χ0v) is 11.9. The first kappa shape index (κ1) is 13.8. The van der Waals surface area contributed by atoms with Gasteiger partial charge in [0.05, 0.1) is 0 Å².